The molecule has 0 aliphatic heterocycles. The number of hydrogen-bond acceptors (Lipinski definition) is 5. The van der Waals surface area contributed by atoms with E-state index in [9.17, 15) is 17.6 Å². The number of rotatable bonds is 10. The molecule has 0 bridgehead atoms. The first-order valence-electron chi connectivity index (χ1n) is 8.62. The normalized spacial score (nSPS) is 11.2. The van der Waals surface area contributed by atoms with Gasteiger partial charge in [0.2, 0.25) is 15.9 Å². The van der Waals surface area contributed by atoms with Crippen molar-refractivity contribution in [1.29, 1.82) is 0 Å². The van der Waals surface area contributed by atoms with Crippen LogP contribution >= 0.6 is 23.4 Å². The summed E-state index contributed by atoms with van der Waals surface area (Å²) in [5, 5.41) is 3.04. The van der Waals surface area contributed by atoms with E-state index in [0.717, 1.165) is 10.6 Å². The number of hydrogen-bond donors (Lipinski definition) is 1. The van der Waals surface area contributed by atoms with Crippen molar-refractivity contribution in [1.82, 2.24) is 5.32 Å². The van der Waals surface area contributed by atoms with E-state index >= 15 is 0 Å². The fraction of sp³-hybridized carbons (Fsp3) is 0.316. The van der Waals surface area contributed by atoms with Gasteiger partial charge in [0.1, 0.15) is 18.1 Å². The van der Waals surface area contributed by atoms with Gasteiger partial charge in [0.15, 0.2) is 0 Å². The first-order valence-corrected chi connectivity index (χ1v) is 12.0. The summed E-state index contributed by atoms with van der Waals surface area (Å²) in [6, 6.07) is 11.1. The zero-order valence-electron chi connectivity index (χ0n) is 16.0. The maximum Gasteiger partial charge on any atom is 0.240 e. The van der Waals surface area contributed by atoms with Crippen molar-refractivity contribution in [2.45, 2.75) is 5.75 Å². The van der Waals surface area contributed by atoms with E-state index in [2.05, 4.69) is 5.32 Å². The van der Waals surface area contributed by atoms with Crippen LogP contribution in [0.1, 0.15) is 5.56 Å². The van der Waals surface area contributed by atoms with Crippen molar-refractivity contribution in [3.63, 3.8) is 0 Å². The molecule has 29 heavy (non-hydrogen) atoms. The molecule has 0 saturated heterocycles. The molecular weight excluding hydrogens is 439 g/mol. The average Bonchev–Trinajstić information content (AvgIpc) is 2.67. The van der Waals surface area contributed by atoms with Crippen LogP contribution in [0.4, 0.5) is 10.1 Å². The Balaban J connectivity index is 1.89. The smallest absolute Gasteiger partial charge is 0.240 e. The van der Waals surface area contributed by atoms with Crippen LogP contribution < -0.4 is 14.4 Å². The number of halogens is 2. The monoisotopic (exact) mass is 460 g/mol. The highest BCUT2D eigenvalue weighted by Crippen LogP contribution is 2.29. The highest BCUT2D eigenvalue weighted by molar-refractivity contribution is 7.98. The van der Waals surface area contributed by atoms with Gasteiger partial charge in [-0.25, -0.2) is 12.8 Å². The van der Waals surface area contributed by atoms with Crippen LogP contribution in [0, 0.1) is 5.82 Å². The molecule has 0 fully saturated rings. The second-order valence-electron chi connectivity index (χ2n) is 6.04. The lowest BCUT2D eigenvalue weighted by Gasteiger charge is -2.23. The van der Waals surface area contributed by atoms with Crippen LogP contribution in [0.3, 0.4) is 0 Å². The molecule has 0 saturated carbocycles. The van der Waals surface area contributed by atoms with Crippen LogP contribution in [0.5, 0.6) is 5.75 Å². The van der Waals surface area contributed by atoms with Crippen LogP contribution in [0.2, 0.25) is 5.02 Å². The van der Waals surface area contributed by atoms with Gasteiger partial charge >= 0.3 is 0 Å². The summed E-state index contributed by atoms with van der Waals surface area (Å²) in [6.45, 7) is -0.0673. The topological polar surface area (TPSA) is 75.7 Å². The van der Waals surface area contributed by atoms with E-state index in [4.69, 9.17) is 16.3 Å². The third-order valence-electron chi connectivity index (χ3n) is 3.92. The van der Waals surface area contributed by atoms with E-state index in [1.165, 1.54) is 24.9 Å². The molecule has 0 spiro atoms. The molecule has 0 unspecified atom stereocenters. The van der Waals surface area contributed by atoms with E-state index in [1.54, 1.807) is 36.4 Å². The van der Waals surface area contributed by atoms with Gasteiger partial charge in [0.05, 0.1) is 19.1 Å². The maximum atomic E-state index is 13.7. The molecule has 2 aromatic rings. The Bertz CT molecular complexity index is 937. The van der Waals surface area contributed by atoms with Gasteiger partial charge in [-0.05, 0) is 24.3 Å². The maximum absolute atomic E-state index is 13.7. The Labute approximate surface area is 179 Å². The molecule has 0 heterocycles. The number of anilines is 1. The number of thioether (sulfide) groups is 1. The number of ether oxygens (including phenoxy) is 1. The molecular formula is C19H22ClFN2O4S2. The van der Waals surface area contributed by atoms with Crippen molar-refractivity contribution < 1.29 is 22.3 Å². The number of nitrogens with one attached hydrogen (secondary N) is 1. The molecule has 0 aliphatic rings. The summed E-state index contributed by atoms with van der Waals surface area (Å²) >= 11 is 7.39. The molecule has 0 aromatic heterocycles. The summed E-state index contributed by atoms with van der Waals surface area (Å²) < 4.78 is 44.3. The number of carbonyl (C=O) groups excluding carboxylic acids is 1. The van der Waals surface area contributed by atoms with Gasteiger partial charge in [-0.1, -0.05) is 29.8 Å². The number of methoxy groups -OCH3 is 1. The minimum Gasteiger partial charge on any atom is -0.495 e. The Morgan fingerprint density at radius 2 is 1.97 bits per heavy atom. The molecule has 2 rings (SSSR count). The molecule has 1 amide bonds. The minimum absolute atomic E-state index is 0.288. The van der Waals surface area contributed by atoms with E-state index in [0.29, 0.717) is 34.4 Å². The van der Waals surface area contributed by atoms with Gasteiger partial charge in [-0.3, -0.25) is 9.10 Å². The number of benzene rings is 2. The Hall–Kier alpha value is -1.97. The SMILES string of the molecule is COc1ccccc1N(CC(=O)NCCSCc1c(F)cccc1Cl)S(C)(=O)=O. The second-order valence-corrected chi connectivity index (χ2v) is 9.46. The molecule has 0 atom stereocenters. The first-order chi connectivity index (χ1) is 13.7. The molecule has 6 nitrogen and oxygen atoms in total. The number of sulfonamides is 1. The zero-order valence-corrected chi connectivity index (χ0v) is 18.4. The number of carbonyl (C=O) groups is 1. The predicted molar refractivity (Wildman–Crippen MR) is 116 cm³/mol. The lowest BCUT2D eigenvalue weighted by atomic mass is 10.2. The third kappa shape index (κ3) is 6.80. The Kier molecular flexibility index (Phi) is 8.60. The summed E-state index contributed by atoms with van der Waals surface area (Å²) in [6.07, 6.45) is 1.03. The highest BCUT2D eigenvalue weighted by Gasteiger charge is 2.23. The minimum atomic E-state index is -3.70. The fourth-order valence-electron chi connectivity index (χ4n) is 2.51. The van der Waals surface area contributed by atoms with E-state index in [1.807, 2.05) is 0 Å². The van der Waals surface area contributed by atoms with Gasteiger partial charge in [0.25, 0.3) is 0 Å². The summed E-state index contributed by atoms with van der Waals surface area (Å²) in [4.78, 5) is 12.3. The molecule has 1 N–H and O–H groups in total. The summed E-state index contributed by atoms with van der Waals surface area (Å²) in [5.41, 5.74) is 0.709. The van der Waals surface area contributed by atoms with Gasteiger partial charge in [0, 0.05) is 28.6 Å². The fourth-order valence-corrected chi connectivity index (χ4v) is 4.57. The first kappa shape index (κ1) is 23.3. The quantitative estimate of drug-likeness (QED) is 0.550. The number of amides is 1. The van der Waals surface area contributed by atoms with Crippen LogP contribution in [0.25, 0.3) is 0 Å². The average molecular weight is 461 g/mol. The van der Waals surface area contributed by atoms with Crippen molar-refractivity contribution in [2.75, 3.05) is 36.5 Å². The van der Waals surface area contributed by atoms with Crippen LogP contribution in [-0.4, -0.2) is 46.5 Å². The molecule has 158 valence electrons. The van der Waals surface area contributed by atoms with Crippen molar-refractivity contribution >= 4 is 45.0 Å². The standard InChI is InChI=1S/C19H22ClFN2O4S2/c1-27-18-9-4-3-8-17(18)23(29(2,25)26)12-19(24)22-10-11-28-13-14-15(20)6-5-7-16(14)21/h3-9H,10-13H2,1-2H3,(H,22,24). The van der Waals surface area contributed by atoms with E-state index < -0.39 is 15.9 Å². The van der Waals surface area contributed by atoms with Crippen molar-refractivity contribution in [3.8, 4) is 5.75 Å². The van der Waals surface area contributed by atoms with Gasteiger partial charge < -0.3 is 10.1 Å². The second kappa shape index (κ2) is 10.7. The predicted octanol–water partition coefficient (Wildman–Crippen LogP) is 3.30. The largest absolute Gasteiger partial charge is 0.495 e. The van der Waals surface area contributed by atoms with E-state index in [-0.39, 0.29) is 18.0 Å². The molecule has 10 heteroatoms. The summed E-state index contributed by atoms with van der Waals surface area (Å²) in [5.74, 6) is 0.422. The van der Waals surface area contributed by atoms with Crippen molar-refractivity contribution in [2.24, 2.45) is 0 Å². The van der Waals surface area contributed by atoms with Crippen molar-refractivity contribution in [3.05, 3.63) is 58.9 Å². The number of para-hydroxylation sites is 2. The lowest BCUT2D eigenvalue weighted by Crippen LogP contribution is -2.41. The van der Waals surface area contributed by atoms with Crippen LogP contribution in [-0.2, 0) is 20.6 Å². The van der Waals surface area contributed by atoms with Gasteiger partial charge in [-0.15, -0.1) is 0 Å². The van der Waals surface area contributed by atoms with Gasteiger partial charge in [-0.2, -0.15) is 11.8 Å². The Morgan fingerprint density at radius 3 is 2.62 bits per heavy atom. The molecule has 0 aliphatic carbocycles. The summed E-state index contributed by atoms with van der Waals surface area (Å²) in [7, 11) is -2.27. The number of nitrogens with zero attached hydrogens (tertiary/aromatic N) is 1. The van der Waals surface area contributed by atoms with Crippen LogP contribution in [0.15, 0.2) is 42.5 Å². The third-order valence-corrected chi connectivity index (χ3v) is 6.38. The lowest BCUT2D eigenvalue weighted by molar-refractivity contribution is -0.119. The molecule has 2 aromatic carbocycles. The molecule has 0 radical (unpaired) electrons. The zero-order chi connectivity index (χ0) is 21.4. The Morgan fingerprint density at radius 1 is 1.24 bits per heavy atom. The highest BCUT2D eigenvalue weighted by atomic mass is 35.5.